The molecule has 9 heteroatoms. The van der Waals surface area contributed by atoms with E-state index in [0.717, 1.165) is 7.11 Å². The Morgan fingerprint density at radius 2 is 2.00 bits per heavy atom. The molecule has 0 saturated carbocycles. The van der Waals surface area contributed by atoms with Crippen LogP contribution >= 0.6 is 0 Å². The highest BCUT2D eigenvalue weighted by Crippen LogP contribution is 2.25. The quantitative estimate of drug-likeness (QED) is 0.578. The summed E-state index contributed by atoms with van der Waals surface area (Å²) >= 11 is 0. The van der Waals surface area contributed by atoms with E-state index in [1.165, 1.54) is 0 Å². The summed E-state index contributed by atoms with van der Waals surface area (Å²) in [4.78, 5) is 10.9. The molecule has 1 rings (SSSR count). The molecule has 0 N–H and O–H groups in total. The molecule has 0 aliphatic carbocycles. The number of alkyl halides is 4. The minimum atomic E-state index is -3.29. The number of hydrogen-bond donors (Lipinski definition) is 0. The Labute approximate surface area is 80.6 Å². The molecule has 0 unspecified atom stereocenters. The van der Waals surface area contributed by atoms with Crippen LogP contribution in [0.5, 0.6) is 0 Å². The van der Waals surface area contributed by atoms with E-state index in [0.29, 0.717) is 0 Å². The first-order valence-electron chi connectivity index (χ1n) is 3.58. The van der Waals surface area contributed by atoms with Gasteiger partial charge in [-0.15, -0.1) is 5.10 Å². The summed E-state index contributed by atoms with van der Waals surface area (Å²) in [6, 6.07) is 0. The van der Waals surface area contributed by atoms with E-state index in [2.05, 4.69) is 15.0 Å². The Balaban J connectivity index is 3.24. The molecule has 0 aliphatic rings. The fraction of sp³-hybridized carbons (Fsp3) is 0.500. The van der Waals surface area contributed by atoms with Crippen LogP contribution in [0.1, 0.15) is 29.2 Å². The van der Waals surface area contributed by atoms with Crippen LogP contribution in [0.2, 0.25) is 0 Å². The minimum absolute atomic E-state index is 0.322. The van der Waals surface area contributed by atoms with E-state index in [9.17, 15) is 22.4 Å². The van der Waals surface area contributed by atoms with Crippen LogP contribution in [-0.4, -0.2) is 28.1 Å². The maximum atomic E-state index is 12.3. The van der Waals surface area contributed by atoms with Gasteiger partial charge in [0.15, 0.2) is 5.69 Å². The first-order chi connectivity index (χ1) is 6.99. The van der Waals surface area contributed by atoms with Crippen LogP contribution in [-0.2, 0) is 4.74 Å². The first kappa shape index (κ1) is 11.4. The second-order valence-electron chi connectivity index (χ2n) is 2.34. The zero-order chi connectivity index (χ0) is 11.6. The monoisotopic (exact) mass is 227 g/mol. The summed E-state index contributed by atoms with van der Waals surface area (Å²) in [5, 5.41) is 5.65. The predicted molar refractivity (Wildman–Crippen MR) is 37.6 cm³/mol. The van der Waals surface area contributed by atoms with Gasteiger partial charge in [0.25, 0.3) is 6.43 Å². The highest BCUT2D eigenvalue weighted by molar-refractivity contribution is 5.88. The average Bonchev–Trinajstić information content (AvgIpc) is 2.60. The van der Waals surface area contributed by atoms with Gasteiger partial charge in [0.2, 0.25) is 0 Å². The molecular formula is C6H5F4N3O2. The van der Waals surface area contributed by atoms with Crippen LogP contribution in [0, 0.1) is 0 Å². The maximum Gasteiger partial charge on any atom is 0.360 e. The molecule has 0 aliphatic heterocycles. The number of aromatic nitrogens is 3. The van der Waals surface area contributed by atoms with E-state index >= 15 is 0 Å². The van der Waals surface area contributed by atoms with Crippen molar-refractivity contribution in [3.63, 3.8) is 0 Å². The van der Waals surface area contributed by atoms with E-state index in [1.54, 1.807) is 0 Å². The first-order valence-corrected chi connectivity index (χ1v) is 3.58. The average molecular weight is 227 g/mol. The van der Waals surface area contributed by atoms with Crippen molar-refractivity contribution in [2.75, 3.05) is 7.11 Å². The molecule has 84 valence electrons. The van der Waals surface area contributed by atoms with Gasteiger partial charge in [0.05, 0.1) is 7.11 Å². The van der Waals surface area contributed by atoms with Gasteiger partial charge in [0.1, 0.15) is 5.69 Å². The summed E-state index contributed by atoms with van der Waals surface area (Å²) in [6.07, 6.45) is -3.29. The van der Waals surface area contributed by atoms with Crippen molar-refractivity contribution in [3.8, 4) is 0 Å². The molecular weight excluding hydrogens is 222 g/mol. The van der Waals surface area contributed by atoms with Gasteiger partial charge < -0.3 is 4.74 Å². The number of carbonyl (C=O) groups is 1. The lowest BCUT2D eigenvalue weighted by molar-refractivity contribution is 0.0347. The molecule has 5 nitrogen and oxygen atoms in total. The molecule has 0 fully saturated rings. The molecule has 0 amide bonds. The summed E-state index contributed by atoms with van der Waals surface area (Å²) in [5.74, 6) is -1.24. The number of esters is 1. The third-order valence-electron chi connectivity index (χ3n) is 1.50. The highest BCUT2D eigenvalue weighted by atomic mass is 19.3. The Kier molecular flexibility index (Phi) is 3.22. The van der Waals surface area contributed by atoms with Gasteiger partial charge in [-0.25, -0.2) is 13.6 Å². The van der Waals surface area contributed by atoms with Gasteiger partial charge >= 0.3 is 12.5 Å². The lowest BCUT2D eigenvalue weighted by Crippen LogP contribution is -2.10. The van der Waals surface area contributed by atoms with Gasteiger partial charge in [-0.1, -0.05) is 5.21 Å². The maximum absolute atomic E-state index is 12.3. The third-order valence-corrected chi connectivity index (χ3v) is 1.50. The Hall–Kier alpha value is -1.67. The van der Waals surface area contributed by atoms with E-state index in [4.69, 9.17) is 0 Å². The van der Waals surface area contributed by atoms with Crippen molar-refractivity contribution in [1.82, 2.24) is 15.0 Å². The molecule has 1 aromatic rings. The number of ether oxygens (including phenoxy) is 1. The second kappa shape index (κ2) is 4.24. The number of methoxy groups -OCH3 is 1. The molecule has 0 saturated heterocycles. The Bertz CT molecular complexity index is 365. The van der Waals surface area contributed by atoms with Gasteiger partial charge in [0, 0.05) is 0 Å². The predicted octanol–water partition coefficient (Wildman–Crippen LogP) is 1.40. The standard InChI is InChI=1S/C6H5F4N3O2/c1-15-5(14)2-3(4(7)8)13(6(9)10)12-11-2/h4,6H,1H3. The van der Waals surface area contributed by atoms with Crippen LogP contribution in [0.15, 0.2) is 0 Å². The Morgan fingerprint density at radius 3 is 2.40 bits per heavy atom. The van der Waals surface area contributed by atoms with Crippen LogP contribution in [0.3, 0.4) is 0 Å². The smallest absolute Gasteiger partial charge is 0.360 e. The third kappa shape index (κ3) is 2.05. The zero-order valence-corrected chi connectivity index (χ0v) is 7.32. The molecule has 15 heavy (non-hydrogen) atoms. The largest absolute Gasteiger partial charge is 0.464 e. The Morgan fingerprint density at radius 1 is 1.40 bits per heavy atom. The molecule has 0 radical (unpaired) electrons. The molecule has 1 aromatic heterocycles. The molecule has 0 aromatic carbocycles. The summed E-state index contributed by atoms with van der Waals surface area (Å²) < 4.78 is 52.7. The number of halogens is 4. The molecule has 0 atom stereocenters. The van der Waals surface area contributed by atoms with E-state index < -0.39 is 30.3 Å². The lowest BCUT2D eigenvalue weighted by atomic mass is 10.3. The van der Waals surface area contributed by atoms with Crippen molar-refractivity contribution >= 4 is 5.97 Å². The van der Waals surface area contributed by atoms with Crippen LogP contribution in [0.4, 0.5) is 17.6 Å². The van der Waals surface area contributed by atoms with Gasteiger partial charge in [-0.05, 0) is 0 Å². The van der Waals surface area contributed by atoms with Crippen LogP contribution in [0.25, 0.3) is 0 Å². The van der Waals surface area contributed by atoms with Crippen molar-refractivity contribution < 1.29 is 27.1 Å². The van der Waals surface area contributed by atoms with Crippen molar-refractivity contribution in [3.05, 3.63) is 11.4 Å². The summed E-state index contributed by atoms with van der Waals surface area (Å²) in [5.41, 5.74) is -2.16. The topological polar surface area (TPSA) is 57.0 Å². The molecule has 0 spiro atoms. The second-order valence-corrected chi connectivity index (χ2v) is 2.34. The van der Waals surface area contributed by atoms with Crippen molar-refractivity contribution in [2.45, 2.75) is 13.0 Å². The highest BCUT2D eigenvalue weighted by Gasteiger charge is 2.30. The number of hydrogen-bond acceptors (Lipinski definition) is 4. The van der Waals surface area contributed by atoms with Crippen LogP contribution < -0.4 is 0 Å². The summed E-state index contributed by atoms with van der Waals surface area (Å²) in [7, 11) is 0.916. The molecule has 0 bridgehead atoms. The van der Waals surface area contributed by atoms with Gasteiger partial charge in [-0.2, -0.15) is 13.5 Å². The van der Waals surface area contributed by atoms with E-state index in [1.807, 2.05) is 0 Å². The number of rotatable bonds is 3. The summed E-state index contributed by atoms with van der Waals surface area (Å²) in [6.45, 7) is -3.29. The van der Waals surface area contributed by atoms with Crippen molar-refractivity contribution in [2.24, 2.45) is 0 Å². The fourth-order valence-electron chi connectivity index (χ4n) is 0.890. The van der Waals surface area contributed by atoms with Crippen molar-refractivity contribution in [1.29, 1.82) is 0 Å². The minimum Gasteiger partial charge on any atom is -0.464 e. The van der Waals surface area contributed by atoms with E-state index in [-0.39, 0.29) is 4.68 Å². The number of nitrogens with zero attached hydrogens (tertiary/aromatic N) is 3. The lowest BCUT2D eigenvalue weighted by Gasteiger charge is -2.04. The zero-order valence-electron chi connectivity index (χ0n) is 7.32. The molecule has 1 heterocycles. The SMILES string of the molecule is COC(=O)c1nnn(C(F)F)c1C(F)F. The number of carbonyl (C=O) groups excluding carboxylic acids is 1. The fourth-order valence-corrected chi connectivity index (χ4v) is 0.890. The van der Waals surface area contributed by atoms with Gasteiger partial charge in [-0.3, -0.25) is 0 Å². The normalized spacial score (nSPS) is 11.1.